The Kier molecular flexibility index (Phi) is 7.05. The molecule has 0 fully saturated rings. The number of unbranched alkanes of at least 4 members (excludes halogenated alkanes) is 2. The summed E-state index contributed by atoms with van der Waals surface area (Å²) in [5.41, 5.74) is 0. The van der Waals surface area contributed by atoms with E-state index in [1.54, 1.807) is 0 Å². The highest BCUT2D eigenvalue weighted by Crippen LogP contribution is 2.16. The molecular weight excluding hydrogens is 248 g/mol. The quantitative estimate of drug-likeness (QED) is 0.402. The molecule has 0 bridgehead atoms. The van der Waals surface area contributed by atoms with Crippen molar-refractivity contribution in [2.45, 2.75) is 69.9 Å². The molecule has 4 atom stereocenters. The van der Waals surface area contributed by atoms with Crippen LogP contribution in [0.3, 0.4) is 0 Å². The number of cyclic esters (lactones) is 1. The highest BCUT2D eigenvalue weighted by molar-refractivity contribution is 5.69. The van der Waals surface area contributed by atoms with E-state index in [-0.39, 0.29) is 12.8 Å². The molecule has 0 amide bonds. The van der Waals surface area contributed by atoms with Crippen molar-refractivity contribution < 1.29 is 24.9 Å². The number of aliphatic hydroxyl groups is 3. The minimum atomic E-state index is -1.06. The van der Waals surface area contributed by atoms with Crippen LogP contribution in [-0.4, -0.2) is 45.7 Å². The molecule has 3 N–H and O–H groups in total. The molecule has 0 unspecified atom stereocenters. The molecule has 1 rings (SSSR count). The normalized spacial score (nSPS) is 34.6. The monoisotopic (exact) mass is 272 g/mol. The highest BCUT2D eigenvalue weighted by Gasteiger charge is 2.24. The van der Waals surface area contributed by atoms with Crippen molar-refractivity contribution in [3.63, 3.8) is 0 Å². The zero-order valence-electron chi connectivity index (χ0n) is 11.4. The van der Waals surface area contributed by atoms with Crippen LogP contribution in [0.4, 0.5) is 0 Å². The van der Waals surface area contributed by atoms with Gasteiger partial charge in [0.05, 0.1) is 12.2 Å². The van der Waals surface area contributed by atoms with Crippen molar-refractivity contribution in [2.24, 2.45) is 0 Å². The lowest BCUT2D eigenvalue weighted by Crippen LogP contribution is -2.33. The molecule has 0 aromatic carbocycles. The zero-order chi connectivity index (χ0) is 14.3. The van der Waals surface area contributed by atoms with Crippen LogP contribution >= 0.6 is 0 Å². The lowest BCUT2D eigenvalue weighted by atomic mass is 10.0. The first-order chi connectivity index (χ1) is 9.04. The van der Waals surface area contributed by atoms with Gasteiger partial charge in [0.2, 0.25) is 0 Å². The van der Waals surface area contributed by atoms with E-state index >= 15 is 0 Å². The maximum absolute atomic E-state index is 11.6. The van der Waals surface area contributed by atoms with Gasteiger partial charge in [-0.15, -0.1) is 0 Å². The first kappa shape index (κ1) is 16.1. The second kappa shape index (κ2) is 8.30. The van der Waals surface area contributed by atoms with Crippen LogP contribution in [0.25, 0.3) is 0 Å². The minimum Gasteiger partial charge on any atom is -0.459 e. The van der Waals surface area contributed by atoms with Gasteiger partial charge in [-0.2, -0.15) is 0 Å². The Balaban J connectivity index is 2.67. The summed E-state index contributed by atoms with van der Waals surface area (Å²) in [6, 6.07) is 0. The van der Waals surface area contributed by atoms with Crippen molar-refractivity contribution in [3.05, 3.63) is 12.2 Å². The maximum Gasteiger partial charge on any atom is 0.306 e. The van der Waals surface area contributed by atoms with E-state index < -0.39 is 30.4 Å². The largest absolute Gasteiger partial charge is 0.459 e. The molecular formula is C14H24O5. The highest BCUT2D eigenvalue weighted by atomic mass is 16.6. The van der Waals surface area contributed by atoms with E-state index in [1.165, 1.54) is 12.2 Å². The summed E-state index contributed by atoms with van der Waals surface area (Å²) in [6.45, 7) is 2.08. The molecule has 1 aliphatic heterocycles. The lowest BCUT2D eigenvalue weighted by molar-refractivity contribution is -0.155. The standard InChI is InChI=1S/C14H24O5/c1-2-3-4-5-13-12(17)7-6-10(15)11(16)8-9-14(18)19-13/h6-7,10-13,15-17H,2-5,8-9H2,1H3/b7-6-/t10-,11-,12-,13+/m0/s1. The third-order valence-corrected chi connectivity index (χ3v) is 3.30. The van der Waals surface area contributed by atoms with Crippen molar-refractivity contribution in [1.29, 1.82) is 0 Å². The number of aliphatic hydroxyl groups excluding tert-OH is 3. The summed E-state index contributed by atoms with van der Waals surface area (Å²) in [4.78, 5) is 11.6. The van der Waals surface area contributed by atoms with E-state index in [0.717, 1.165) is 19.3 Å². The van der Waals surface area contributed by atoms with E-state index in [1.807, 2.05) is 0 Å². The van der Waals surface area contributed by atoms with Crippen LogP contribution in [0.5, 0.6) is 0 Å². The van der Waals surface area contributed by atoms with Gasteiger partial charge in [0.1, 0.15) is 12.2 Å². The van der Waals surface area contributed by atoms with E-state index in [2.05, 4.69) is 6.92 Å². The fourth-order valence-corrected chi connectivity index (χ4v) is 2.04. The van der Waals surface area contributed by atoms with Gasteiger partial charge in [-0.25, -0.2) is 0 Å². The molecule has 0 aliphatic carbocycles. The van der Waals surface area contributed by atoms with Crippen molar-refractivity contribution in [1.82, 2.24) is 0 Å². The van der Waals surface area contributed by atoms with Gasteiger partial charge in [-0.3, -0.25) is 4.79 Å². The minimum absolute atomic E-state index is 0.0447. The first-order valence-corrected chi connectivity index (χ1v) is 6.96. The molecule has 0 saturated carbocycles. The molecule has 1 heterocycles. The molecule has 0 aromatic rings. The molecule has 110 valence electrons. The van der Waals surface area contributed by atoms with Crippen LogP contribution in [0.1, 0.15) is 45.4 Å². The van der Waals surface area contributed by atoms with Gasteiger partial charge in [0.15, 0.2) is 0 Å². The second-order valence-electron chi connectivity index (χ2n) is 5.00. The van der Waals surface area contributed by atoms with Crippen molar-refractivity contribution in [3.8, 4) is 0 Å². The summed E-state index contributed by atoms with van der Waals surface area (Å²) in [6.07, 6.45) is 2.93. The molecule has 0 radical (unpaired) electrons. The molecule has 0 aromatic heterocycles. The summed E-state index contributed by atoms with van der Waals surface area (Å²) in [5.74, 6) is -0.443. The Hall–Kier alpha value is -0.910. The fraction of sp³-hybridized carbons (Fsp3) is 0.786. The van der Waals surface area contributed by atoms with Crippen molar-refractivity contribution in [2.75, 3.05) is 0 Å². The van der Waals surface area contributed by atoms with Gasteiger partial charge in [0, 0.05) is 6.42 Å². The average molecular weight is 272 g/mol. The predicted molar refractivity (Wildman–Crippen MR) is 70.4 cm³/mol. The Bertz CT molecular complexity index is 302. The molecule has 19 heavy (non-hydrogen) atoms. The smallest absolute Gasteiger partial charge is 0.306 e. The Labute approximate surface area is 113 Å². The maximum atomic E-state index is 11.6. The Morgan fingerprint density at radius 2 is 1.89 bits per heavy atom. The second-order valence-corrected chi connectivity index (χ2v) is 5.00. The van der Waals surface area contributed by atoms with Gasteiger partial charge >= 0.3 is 5.97 Å². The zero-order valence-corrected chi connectivity index (χ0v) is 11.4. The van der Waals surface area contributed by atoms with Gasteiger partial charge < -0.3 is 20.1 Å². The van der Waals surface area contributed by atoms with Crippen LogP contribution < -0.4 is 0 Å². The van der Waals surface area contributed by atoms with Gasteiger partial charge in [-0.05, 0) is 19.3 Å². The molecule has 5 nitrogen and oxygen atoms in total. The molecule has 0 saturated heterocycles. The number of hydrogen-bond acceptors (Lipinski definition) is 5. The molecule has 5 heteroatoms. The number of ether oxygens (including phenoxy) is 1. The number of esters is 1. The molecule has 0 spiro atoms. The average Bonchev–Trinajstić information content (AvgIpc) is 2.39. The summed E-state index contributed by atoms with van der Waals surface area (Å²) < 4.78 is 5.24. The van der Waals surface area contributed by atoms with Crippen molar-refractivity contribution >= 4 is 5.97 Å². The fourth-order valence-electron chi connectivity index (χ4n) is 2.04. The van der Waals surface area contributed by atoms with E-state index in [0.29, 0.717) is 6.42 Å². The summed E-state index contributed by atoms with van der Waals surface area (Å²) in [5, 5.41) is 29.1. The third kappa shape index (κ3) is 5.72. The number of hydrogen-bond donors (Lipinski definition) is 3. The van der Waals surface area contributed by atoms with Crippen LogP contribution in [0, 0.1) is 0 Å². The van der Waals surface area contributed by atoms with Crippen LogP contribution in [-0.2, 0) is 9.53 Å². The predicted octanol–water partition coefficient (Wildman–Crippen LogP) is 0.911. The summed E-state index contributed by atoms with van der Waals surface area (Å²) in [7, 11) is 0. The van der Waals surface area contributed by atoms with Crippen LogP contribution in [0.15, 0.2) is 12.2 Å². The van der Waals surface area contributed by atoms with Crippen LogP contribution in [0.2, 0.25) is 0 Å². The topological polar surface area (TPSA) is 87.0 Å². The van der Waals surface area contributed by atoms with E-state index in [4.69, 9.17) is 4.74 Å². The first-order valence-electron chi connectivity index (χ1n) is 6.96. The summed E-state index contributed by atoms with van der Waals surface area (Å²) >= 11 is 0. The number of carbonyl (C=O) groups is 1. The Morgan fingerprint density at radius 3 is 2.58 bits per heavy atom. The SMILES string of the molecule is CCCCC[C@H]1OC(=O)CC[C@H](O)[C@@H](O)/C=C\[C@@H]1O. The third-order valence-electron chi connectivity index (χ3n) is 3.30. The Morgan fingerprint density at radius 1 is 1.21 bits per heavy atom. The van der Waals surface area contributed by atoms with E-state index in [9.17, 15) is 20.1 Å². The molecule has 1 aliphatic rings. The number of carbonyl (C=O) groups excluding carboxylic acids is 1. The van der Waals surface area contributed by atoms with Gasteiger partial charge in [-0.1, -0.05) is 31.9 Å². The lowest BCUT2D eigenvalue weighted by Gasteiger charge is -2.24. The van der Waals surface area contributed by atoms with Gasteiger partial charge in [0.25, 0.3) is 0 Å². The number of rotatable bonds is 4.